The van der Waals surface area contributed by atoms with Crippen LogP contribution in [0.25, 0.3) is 0 Å². The monoisotopic (exact) mass is 363 g/mol. The summed E-state index contributed by atoms with van der Waals surface area (Å²) in [5.74, 6) is 2.02. The van der Waals surface area contributed by atoms with Gasteiger partial charge in [0.25, 0.3) is 0 Å². The van der Waals surface area contributed by atoms with E-state index < -0.39 is 0 Å². The number of carbonyl (C=O) groups is 1. The van der Waals surface area contributed by atoms with Gasteiger partial charge in [-0.25, -0.2) is 0 Å². The van der Waals surface area contributed by atoms with Crippen LogP contribution in [0.2, 0.25) is 0 Å². The van der Waals surface area contributed by atoms with Gasteiger partial charge < -0.3 is 9.64 Å². The van der Waals surface area contributed by atoms with Crippen molar-refractivity contribution < 1.29 is 9.53 Å². The summed E-state index contributed by atoms with van der Waals surface area (Å²) in [4.78, 5) is 21.6. The molecule has 0 spiro atoms. The fourth-order valence-corrected chi connectivity index (χ4v) is 4.00. The van der Waals surface area contributed by atoms with Crippen LogP contribution in [0, 0.1) is 17.3 Å². The number of amidine groups is 1. The third-order valence-electron chi connectivity index (χ3n) is 5.29. The molecule has 0 radical (unpaired) electrons. The van der Waals surface area contributed by atoms with Crippen LogP contribution in [-0.2, 0) is 9.53 Å². The standard InChI is InChI=1S/C21H37N3O2/c1-14(2)18-16-13-23(10-9-17(25)26-8)11-12-24(16)20(21(5,6)7)22-19(18)15(3)4/h14-15,19H,9-13H2,1-8H3/t19-/m0/s1. The Morgan fingerprint density at radius 3 is 2.38 bits per heavy atom. The molecule has 0 aromatic heterocycles. The second-order valence-electron chi connectivity index (χ2n) is 9.20. The summed E-state index contributed by atoms with van der Waals surface area (Å²) in [5, 5.41) is 0. The molecule has 0 aliphatic carbocycles. The Morgan fingerprint density at radius 1 is 1.23 bits per heavy atom. The number of nitrogens with zero attached hydrogens (tertiary/aromatic N) is 3. The Kier molecular flexibility index (Phi) is 6.54. The van der Waals surface area contributed by atoms with Gasteiger partial charge in [0.05, 0.1) is 19.6 Å². The number of hydrogen-bond donors (Lipinski definition) is 0. The number of rotatable bonds is 5. The van der Waals surface area contributed by atoms with Gasteiger partial charge in [0.1, 0.15) is 5.84 Å². The van der Waals surface area contributed by atoms with Crippen molar-refractivity contribution in [1.29, 1.82) is 0 Å². The molecular formula is C21H37N3O2. The summed E-state index contributed by atoms with van der Waals surface area (Å²) >= 11 is 0. The Morgan fingerprint density at radius 2 is 1.88 bits per heavy atom. The Hall–Kier alpha value is -1.36. The first-order valence-corrected chi connectivity index (χ1v) is 9.94. The number of hydrogen-bond acceptors (Lipinski definition) is 5. The Labute approximate surface area is 159 Å². The molecule has 0 amide bonds. The molecule has 1 atom stereocenters. The predicted molar refractivity (Wildman–Crippen MR) is 107 cm³/mol. The van der Waals surface area contributed by atoms with E-state index in [1.807, 2.05) is 0 Å². The van der Waals surface area contributed by atoms with E-state index in [0.717, 1.165) is 26.2 Å². The molecule has 0 aromatic rings. The second kappa shape index (κ2) is 8.12. The fraction of sp³-hybridized carbons (Fsp3) is 0.810. The van der Waals surface area contributed by atoms with Gasteiger partial charge >= 0.3 is 5.97 Å². The van der Waals surface area contributed by atoms with Crippen molar-refractivity contribution in [2.24, 2.45) is 22.2 Å². The molecule has 2 aliphatic rings. The van der Waals surface area contributed by atoms with Crippen LogP contribution in [-0.4, -0.2) is 60.9 Å². The SMILES string of the molecule is COC(=O)CCN1CCN2C(C(C)(C)C)=N[C@@H](C(C)C)C(C(C)C)=C2C1. The summed E-state index contributed by atoms with van der Waals surface area (Å²) in [7, 11) is 1.46. The van der Waals surface area contributed by atoms with Crippen molar-refractivity contribution in [3.05, 3.63) is 11.3 Å². The highest BCUT2D eigenvalue weighted by molar-refractivity contribution is 5.90. The summed E-state index contributed by atoms with van der Waals surface area (Å²) in [6.07, 6.45) is 0.453. The van der Waals surface area contributed by atoms with Crippen molar-refractivity contribution in [3.8, 4) is 0 Å². The zero-order chi connectivity index (χ0) is 19.6. The van der Waals surface area contributed by atoms with Crippen LogP contribution in [0.5, 0.6) is 0 Å². The van der Waals surface area contributed by atoms with E-state index in [-0.39, 0.29) is 17.4 Å². The third kappa shape index (κ3) is 4.48. The maximum absolute atomic E-state index is 11.5. The van der Waals surface area contributed by atoms with E-state index in [2.05, 4.69) is 58.3 Å². The highest BCUT2D eigenvalue weighted by Crippen LogP contribution is 2.37. The molecule has 2 aliphatic heterocycles. The minimum absolute atomic E-state index is 0.0229. The number of piperazine rings is 1. The van der Waals surface area contributed by atoms with Crippen LogP contribution in [0.3, 0.4) is 0 Å². The molecule has 148 valence electrons. The van der Waals surface area contributed by atoms with E-state index in [1.165, 1.54) is 24.2 Å². The largest absolute Gasteiger partial charge is 0.469 e. The third-order valence-corrected chi connectivity index (χ3v) is 5.29. The molecule has 0 aromatic carbocycles. The molecule has 2 rings (SSSR count). The highest BCUT2D eigenvalue weighted by Gasteiger charge is 2.39. The topological polar surface area (TPSA) is 45.1 Å². The van der Waals surface area contributed by atoms with Crippen molar-refractivity contribution in [3.63, 3.8) is 0 Å². The van der Waals surface area contributed by atoms with E-state index in [0.29, 0.717) is 18.3 Å². The van der Waals surface area contributed by atoms with Gasteiger partial charge in [-0.15, -0.1) is 0 Å². The maximum atomic E-state index is 11.5. The zero-order valence-electron chi connectivity index (χ0n) is 17.9. The number of fused-ring (bicyclic) bond motifs is 1. The van der Waals surface area contributed by atoms with Crippen LogP contribution >= 0.6 is 0 Å². The first-order chi connectivity index (χ1) is 12.1. The molecule has 0 unspecified atom stereocenters. The molecule has 26 heavy (non-hydrogen) atoms. The first kappa shape index (κ1) is 20.9. The Bertz CT molecular complexity index is 585. The van der Waals surface area contributed by atoms with Crippen molar-refractivity contribution in [1.82, 2.24) is 9.80 Å². The summed E-state index contributed by atoms with van der Waals surface area (Å²) in [5.41, 5.74) is 2.90. The van der Waals surface area contributed by atoms with Crippen LogP contribution in [0.1, 0.15) is 54.9 Å². The van der Waals surface area contributed by atoms with Gasteiger partial charge in [-0.2, -0.15) is 0 Å². The van der Waals surface area contributed by atoms with Gasteiger partial charge in [-0.1, -0.05) is 48.5 Å². The fourth-order valence-electron chi connectivity index (χ4n) is 4.00. The summed E-state index contributed by atoms with van der Waals surface area (Å²) < 4.78 is 4.81. The van der Waals surface area contributed by atoms with Crippen LogP contribution < -0.4 is 0 Å². The Balaban J connectivity index is 2.36. The molecular weight excluding hydrogens is 326 g/mol. The predicted octanol–water partition coefficient (Wildman–Crippen LogP) is 3.56. The molecule has 5 heteroatoms. The number of esters is 1. The molecule has 0 bridgehead atoms. The lowest BCUT2D eigenvalue weighted by Crippen LogP contribution is -2.54. The highest BCUT2D eigenvalue weighted by atomic mass is 16.5. The minimum atomic E-state index is -0.133. The van der Waals surface area contributed by atoms with Crippen LogP contribution in [0.15, 0.2) is 16.3 Å². The first-order valence-electron chi connectivity index (χ1n) is 9.94. The molecule has 0 N–H and O–H groups in total. The second-order valence-corrected chi connectivity index (χ2v) is 9.20. The average molecular weight is 364 g/mol. The zero-order valence-corrected chi connectivity index (χ0v) is 17.9. The number of methoxy groups -OCH3 is 1. The average Bonchev–Trinajstić information content (AvgIpc) is 2.56. The van der Waals surface area contributed by atoms with Crippen molar-refractivity contribution in [2.75, 3.05) is 33.3 Å². The van der Waals surface area contributed by atoms with Crippen molar-refractivity contribution in [2.45, 2.75) is 60.9 Å². The van der Waals surface area contributed by atoms with Crippen LogP contribution in [0.4, 0.5) is 0 Å². The molecule has 1 fully saturated rings. The normalized spacial score (nSPS) is 22.0. The van der Waals surface area contributed by atoms with Gasteiger partial charge in [0.15, 0.2) is 0 Å². The van der Waals surface area contributed by atoms with Crippen molar-refractivity contribution >= 4 is 11.8 Å². The van der Waals surface area contributed by atoms with Gasteiger partial charge in [-0.05, 0) is 17.4 Å². The van der Waals surface area contributed by atoms with E-state index in [1.54, 1.807) is 0 Å². The van der Waals surface area contributed by atoms with Gasteiger partial charge in [0.2, 0.25) is 0 Å². The maximum Gasteiger partial charge on any atom is 0.306 e. The molecule has 2 heterocycles. The molecule has 0 saturated carbocycles. The summed E-state index contributed by atoms with van der Waals surface area (Å²) in [6, 6.07) is 0.246. The van der Waals surface area contributed by atoms with Gasteiger partial charge in [0, 0.05) is 37.3 Å². The van der Waals surface area contributed by atoms with E-state index >= 15 is 0 Å². The molecule has 5 nitrogen and oxygen atoms in total. The smallest absolute Gasteiger partial charge is 0.306 e. The lowest BCUT2D eigenvalue weighted by Gasteiger charge is -2.48. The lowest BCUT2D eigenvalue weighted by molar-refractivity contribution is -0.141. The minimum Gasteiger partial charge on any atom is -0.469 e. The lowest BCUT2D eigenvalue weighted by atomic mass is 9.82. The molecule has 1 saturated heterocycles. The van der Waals surface area contributed by atoms with E-state index in [9.17, 15) is 4.79 Å². The van der Waals surface area contributed by atoms with Gasteiger partial charge in [-0.3, -0.25) is 14.7 Å². The van der Waals surface area contributed by atoms with E-state index in [4.69, 9.17) is 9.73 Å². The summed E-state index contributed by atoms with van der Waals surface area (Å²) in [6.45, 7) is 19.4. The number of carbonyl (C=O) groups excluding carboxylic acids is 1. The quantitative estimate of drug-likeness (QED) is 0.701. The number of aliphatic imine (C=N–C) groups is 1. The number of ether oxygens (including phenoxy) is 1.